The number of nitrogens with zero attached hydrogens (tertiary/aromatic N) is 1. The Morgan fingerprint density at radius 1 is 1.62 bits per heavy atom. The summed E-state index contributed by atoms with van der Waals surface area (Å²) in [4.78, 5) is 4.58. The molecular weight excluding hydrogens is 204 g/mol. The van der Waals surface area contributed by atoms with Crippen LogP contribution in [0.3, 0.4) is 0 Å². The number of hydrogen-bond acceptors (Lipinski definition) is 3. The SMILES string of the molecule is CNCc1nc(C2CCC2)cs1.Cl. The quantitative estimate of drug-likeness (QED) is 0.844. The zero-order chi connectivity index (χ0) is 8.39. The van der Waals surface area contributed by atoms with Crippen LogP contribution in [0.2, 0.25) is 0 Å². The first kappa shape index (κ1) is 11.0. The zero-order valence-corrected chi connectivity index (χ0v) is 9.38. The van der Waals surface area contributed by atoms with Gasteiger partial charge in [0.15, 0.2) is 0 Å². The highest BCUT2D eigenvalue weighted by Crippen LogP contribution is 2.36. The van der Waals surface area contributed by atoms with Gasteiger partial charge in [-0.2, -0.15) is 0 Å². The van der Waals surface area contributed by atoms with Crippen LogP contribution in [0.5, 0.6) is 0 Å². The Labute approximate surface area is 89.2 Å². The summed E-state index contributed by atoms with van der Waals surface area (Å²) in [6.07, 6.45) is 4.09. The first-order valence-corrected chi connectivity index (χ1v) is 5.37. The molecule has 4 heteroatoms. The molecule has 1 fully saturated rings. The van der Waals surface area contributed by atoms with Gasteiger partial charge >= 0.3 is 0 Å². The van der Waals surface area contributed by atoms with Gasteiger partial charge in [-0.25, -0.2) is 4.98 Å². The standard InChI is InChI=1S/C9H14N2S.ClH/c1-10-5-9-11-8(6-12-9)7-3-2-4-7;/h6-7,10H,2-5H2,1H3;1H. The van der Waals surface area contributed by atoms with Gasteiger partial charge in [-0.3, -0.25) is 0 Å². The minimum Gasteiger partial charge on any atom is -0.314 e. The third kappa shape index (κ3) is 2.42. The smallest absolute Gasteiger partial charge is 0.107 e. The summed E-state index contributed by atoms with van der Waals surface area (Å²) in [5, 5.41) is 6.56. The number of halogens is 1. The molecule has 0 saturated heterocycles. The topological polar surface area (TPSA) is 24.9 Å². The van der Waals surface area contributed by atoms with Gasteiger partial charge < -0.3 is 5.32 Å². The van der Waals surface area contributed by atoms with Gasteiger partial charge in [0.2, 0.25) is 0 Å². The lowest BCUT2D eigenvalue weighted by Crippen LogP contribution is -2.10. The molecule has 0 radical (unpaired) electrons. The average molecular weight is 219 g/mol. The van der Waals surface area contributed by atoms with Gasteiger partial charge in [0.05, 0.1) is 5.69 Å². The van der Waals surface area contributed by atoms with Crippen molar-refractivity contribution in [3.05, 3.63) is 16.1 Å². The molecule has 0 spiro atoms. The van der Waals surface area contributed by atoms with Crippen LogP contribution in [0, 0.1) is 0 Å². The second kappa shape index (κ2) is 4.94. The molecule has 74 valence electrons. The molecule has 1 saturated carbocycles. The number of nitrogens with one attached hydrogen (secondary N) is 1. The molecule has 1 aromatic heterocycles. The minimum atomic E-state index is 0. The lowest BCUT2D eigenvalue weighted by atomic mass is 9.83. The Balaban J connectivity index is 0.000000845. The van der Waals surface area contributed by atoms with Gasteiger partial charge in [-0.05, 0) is 19.9 Å². The van der Waals surface area contributed by atoms with E-state index in [-0.39, 0.29) is 12.4 Å². The van der Waals surface area contributed by atoms with E-state index in [1.165, 1.54) is 30.0 Å². The van der Waals surface area contributed by atoms with Crippen molar-refractivity contribution >= 4 is 23.7 Å². The van der Waals surface area contributed by atoms with Crippen molar-refractivity contribution in [2.45, 2.75) is 31.7 Å². The van der Waals surface area contributed by atoms with Gasteiger partial charge in [-0.1, -0.05) is 6.42 Å². The summed E-state index contributed by atoms with van der Waals surface area (Å²) in [5.74, 6) is 0.784. The molecule has 1 N–H and O–H groups in total. The van der Waals surface area contributed by atoms with Crippen molar-refractivity contribution in [3.63, 3.8) is 0 Å². The van der Waals surface area contributed by atoms with Crippen molar-refractivity contribution in [2.75, 3.05) is 7.05 Å². The van der Waals surface area contributed by atoms with Crippen LogP contribution in [0.1, 0.15) is 35.9 Å². The van der Waals surface area contributed by atoms with Crippen LogP contribution < -0.4 is 5.32 Å². The molecule has 0 aromatic carbocycles. The maximum atomic E-state index is 4.58. The highest BCUT2D eigenvalue weighted by Gasteiger charge is 2.21. The summed E-state index contributed by atoms with van der Waals surface area (Å²) < 4.78 is 0. The highest BCUT2D eigenvalue weighted by atomic mass is 35.5. The van der Waals surface area contributed by atoms with Crippen LogP contribution >= 0.6 is 23.7 Å². The van der Waals surface area contributed by atoms with E-state index < -0.39 is 0 Å². The molecule has 1 aromatic rings. The van der Waals surface area contributed by atoms with Gasteiger partial charge in [-0.15, -0.1) is 23.7 Å². The minimum absolute atomic E-state index is 0. The lowest BCUT2D eigenvalue weighted by molar-refractivity contribution is 0.412. The summed E-state index contributed by atoms with van der Waals surface area (Å²) in [6.45, 7) is 0.914. The Morgan fingerprint density at radius 2 is 2.38 bits per heavy atom. The van der Waals surface area contributed by atoms with Crippen LogP contribution in [0.4, 0.5) is 0 Å². The van der Waals surface area contributed by atoms with Crippen LogP contribution in [-0.2, 0) is 6.54 Å². The normalized spacial score (nSPS) is 16.4. The summed E-state index contributed by atoms with van der Waals surface area (Å²) >= 11 is 1.78. The molecule has 0 atom stereocenters. The van der Waals surface area contributed by atoms with E-state index in [9.17, 15) is 0 Å². The maximum absolute atomic E-state index is 4.58. The number of thiazole rings is 1. The molecule has 1 aliphatic carbocycles. The average Bonchev–Trinajstić information content (AvgIpc) is 2.34. The van der Waals surface area contributed by atoms with Crippen LogP contribution in [-0.4, -0.2) is 12.0 Å². The zero-order valence-electron chi connectivity index (χ0n) is 7.75. The van der Waals surface area contributed by atoms with Gasteiger partial charge in [0, 0.05) is 17.8 Å². The van der Waals surface area contributed by atoms with E-state index in [1.807, 2.05) is 7.05 Å². The Bertz CT molecular complexity index is 258. The van der Waals surface area contributed by atoms with Crippen molar-refractivity contribution < 1.29 is 0 Å². The molecule has 1 heterocycles. The van der Waals surface area contributed by atoms with Crippen molar-refractivity contribution in [3.8, 4) is 0 Å². The maximum Gasteiger partial charge on any atom is 0.107 e. The largest absolute Gasteiger partial charge is 0.314 e. The van der Waals surface area contributed by atoms with Gasteiger partial charge in [0.1, 0.15) is 5.01 Å². The van der Waals surface area contributed by atoms with E-state index in [4.69, 9.17) is 0 Å². The number of rotatable bonds is 3. The van der Waals surface area contributed by atoms with Crippen LogP contribution in [0.15, 0.2) is 5.38 Å². The molecule has 0 aliphatic heterocycles. The predicted molar refractivity (Wildman–Crippen MR) is 58.7 cm³/mol. The summed E-state index contributed by atoms with van der Waals surface area (Å²) in [5.41, 5.74) is 1.33. The van der Waals surface area contributed by atoms with Gasteiger partial charge in [0.25, 0.3) is 0 Å². The molecule has 2 rings (SSSR count). The Hall–Kier alpha value is -0.120. The first-order valence-electron chi connectivity index (χ1n) is 4.49. The number of aromatic nitrogens is 1. The fraction of sp³-hybridized carbons (Fsp3) is 0.667. The first-order chi connectivity index (χ1) is 5.90. The van der Waals surface area contributed by atoms with E-state index >= 15 is 0 Å². The molecule has 0 amide bonds. The molecular formula is C9H15ClN2S. The van der Waals surface area contributed by atoms with Crippen molar-refractivity contribution in [1.29, 1.82) is 0 Å². The monoisotopic (exact) mass is 218 g/mol. The molecule has 0 bridgehead atoms. The van der Waals surface area contributed by atoms with Crippen molar-refractivity contribution in [1.82, 2.24) is 10.3 Å². The van der Waals surface area contributed by atoms with E-state index in [0.717, 1.165) is 12.5 Å². The molecule has 0 unspecified atom stereocenters. The lowest BCUT2D eigenvalue weighted by Gasteiger charge is -2.22. The van der Waals surface area contributed by atoms with Crippen LogP contribution in [0.25, 0.3) is 0 Å². The second-order valence-corrected chi connectivity index (χ2v) is 4.27. The fourth-order valence-corrected chi connectivity index (χ4v) is 2.34. The number of hydrogen-bond donors (Lipinski definition) is 1. The summed E-state index contributed by atoms with van der Waals surface area (Å²) in [7, 11) is 1.96. The summed E-state index contributed by atoms with van der Waals surface area (Å²) in [6, 6.07) is 0. The second-order valence-electron chi connectivity index (χ2n) is 3.32. The molecule has 13 heavy (non-hydrogen) atoms. The third-order valence-corrected chi connectivity index (χ3v) is 3.29. The Kier molecular flexibility index (Phi) is 4.16. The Morgan fingerprint density at radius 3 is 2.92 bits per heavy atom. The molecule has 1 aliphatic rings. The van der Waals surface area contributed by atoms with E-state index in [0.29, 0.717) is 0 Å². The van der Waals surface area contributed by atoms with E-state index in [1.54, 1.807) is 11.3 Å². The van der Waals surface area contributed by atoms with Crippen molar-refractivity contribution in [2.24, 2.45) is 0 Å². The van der Waals surface area contributed by atoms with E-state index in [2.05, 4.69) is 15.7 Å². The highest BCUT2D eigenvalue weighted by molar-refractivity contribution is 7.09. The fourth-order valence-electron chi connectivity index (χ4n) is 1.45. The predicted octanol–water partition coefficient (Wildman–Crippen LogP) is 2.55. The third-order valence-electron chi connectivity index (χ3n) is 2.42. The molecule has 2 nitrogen and oxygen atoms in total.